The quantitative estimate of drug-likeness (QED) is 0.880. The predicted molar refractivity (Wildman–Crippen MR) is 75.0 cm³/mol. The van der Waals surface area contributed by atoms with Gasteiger partial charge in [0.05, 0.1) is 5.56 Å². The number of rotatable bonds is 4. The first kappa shape index (κ1) is 14.5. The predicted octanol–water partition coefficient (Wildman–Crippen LogP) is 1.40. The van der Waals surface area contributed by atoms with Crippen molar-refractivity contribution in [3.8, 4) is 0 Å². The van der Waals surface area contributed by atoms with E-state index in [0.29, 0.717) is 17.7 Å². The molecule has 0 spiro atoms. The summed E-state index contributed by atoms with van der Waals surface area (Å²) in [5, 5.41) is 11.5. The monoisotopic (exact) mass is 306 g/mol. The van der Waals surface area contributed by atoms with Crippen LogP contribution in [0.25, 0.3) is 0 Å². The molecule has 3 rings (SSSR count). The number of halogens is 1. The van der Waals surface area contributed by atoms with E-state index in [2.05, 4.69) is 5.32 Å². The molecule has 116 valence electrons. The van der Waals surface area contributed by atoms with Crippen LogP contribution in [0.15, 0.2) is 12.1 Å². The van der Waals surface area contributed by atoms with Gasteiger partial charge in [0.15, 0.2) is 0 Å². The van der Waals surface area contributed by atoms with Gasteiger partial charge in [-0.05, 0) is 37.0 Å². The van der Waals surface area contributed by atoms with Gasteiger partial charge in [-0.2, -0.15) is 0 Å². The summed E-state index contributed by atoms with van der Waals surface area (Å²) in [5.41, 5.74) is 0.931. The van der Waals surface area contributed by atoms with Crippen LogP contribution < -0.4 is 5.32 Å². The number of hydrogen-bond acceptors (Lipinski definition) is 3. The Morgan fingerprint density at radius 2 is 2.05 bits per heavy atom. The molecule has 1 fully saturated rings. The largest absolute Gasteiger partial charge is 0.480 e. The fraction of sp³-hybridized carbons (Fsp3) is 0.400. The lowest BCUT2D eigenvalue weighted by Crippen LogP contribution is -2.38. The molecule has 2 N–H and O–H groups in total. The van der Waals surface area contributed by atoms with E-state index in [0.717, 1.165) is 18.9 Å². The van der Waals surface area contributed by atoms with Crippen LogP contribution in [0.3, 0.4) is 0 Å². The van der Waals surface area contributed by atoms with E-state index in [-0.39, 0.29) is 23.9 Å². The van der Waals surface area contributed by atoms with Gasteiger partial charge in [0.1, 0.15) is 12.4 Å². The minimum absolute atomic E-state index is 0.126. The number of amides is 2. The van der Waals surface area contributed by atoms with Crippen LogP contribution in [0, 0.1) is 5.82 Å². The summed E-state index contributed by atoms with van der Waals surface area (Å²) in [4.78, 5) is 35.9. The molecular weight excluding hydrogens is 291 g/mol. The molecule has 0 atom stereocenters. The number of carboxylic acids is 1. The average molecular weight is 306 g/mol. The molecule has 1 aliphatic heterocycles. The smallest absolute Gasteiger partial charge is 0.323 e. The first-order chi connectivity index (χ1) is 10.5. The molecule has 0 saturated heterocycles. The summed E-state index contributed by atoms with van der Waals surface area (Å²) in [6.07, 6.45) is 2.20. The van der Waals surface area contributed by atoms with Crippen molar-refractivity contribution in [2.24, 2.45) is 0 Å². The highest BCUT2D eigenvalue weighted by Crippen LogP contribution is 2.31. The molecule has 1 aromatic carbocycles. The Bertz CT molecular complexity index is 670. The lowest BCUT2D eigenvalue weighted by atomic mass is 9.99. The summed E-state index contributed by atoms with van der Waals surface area (Å²) < 4.78 is 14.2. The van der Waals surface area contributed by atoms with Crippen molar-refractivity contribution >= 4 is 23.5 Å². The molecule has 6 nitrogen and oxygen atoms in total. The molecule has 0 aromatic heterocycles. The minimum atomic E-state index is -1.12. The number of aryl methyl sites for hydroxylation is 1. The van der Waals surface area contributed by atoms with Crippen molar-refractivity contribution in [2.75, 3.05) is 11.9 Å². The molecule has 1 aromatic rings. The Morgan fingerprint density at radius 1 is 1.32 bits per heavy atom. The van der Waals surface area contributed by atoms with Crippen LogP contribution in [0.4, 0.5) is 10.1 Å². The Labute approximate surface area is 125 Å². The van der Waals surface area contributed by atoms with Gasteiger partial charge in [-0.1, -0.05) is 0 Å². The number of hydrogen-bond donors (Lipinski definition) is 2. The summed E-state index contributed by atoms with van der Waals surface area (Å²) in [5.74, 6) is -2.66. The Hall–Kier alpha value is -2.44. The van der Waals surface area contributed by atoms with Crippen LogP contribution in [0.1, 0.15) is 35.2 Å². The lowest BCUT2D eigenvalue weighted by Gasteiger charge is -2.22. The van der Waals surface area contributed by atoms with Crippen LogP contribution in [0.2, 0.25) is 0 Å². The molecule has 7 heteroatoms. The highest BCUT2D eigenvalue weighted by atomic mass is 19.1. The van der Waals surface area contributed by atoms with Crippen LogP contribution in [0.5, 0.6) is 0 Å². The number of carboxylic acid groups (broad SMARTS) is 1. The molecule has 0 unspecified atom stereocenters. The second kappa shape index (κ2) is 5.40. The second-order valence-corrected chi connectivity index (χ2v) is 5.60. The van der Waals surface area contributed by atoms with Gasteiger partial charge < -0.3 is 15.3 Å². The number of nitrogens with one attached hydrogen (secondary N) is 1. The van der Waals surface area contributed by atoms with E-state index in [1.54, 1.807) is 0 Å². The molecule has 0 radical (unpaired) electrons. The number of fused-ring (bicyclic) bond motifs is 1. The lowest BCUT2D eigenvalue weighted by molar-refractivity contribution is -0.137. The standard InChI is InChI=1S/C15H15FN2O4/c16-11-6-12-8(1-4-13(19)17-12)5-10(11)15(22)18(7-14(20)21)9-2-3-9/h5-6,9H,1-4,7H2,(H,17,19)(H,20,21). The van der Waals surface area contributed by atoms with Crippen molar-refractivity contribution in [1.29, 1.82) is 0 Å². The maximum Gasteiger partial charge on any atom is 0.323 e. The third-order valence-corrected chi connectivity index (χ3v) is 3.87. The van der Waals surface area contributed by atoms with Gasteiger partial charge >= 0.3 is 5.97 Å². The van der Waals surface area contributed by atoms with Gasteiger partial charge in [0, 0.05) is 18.2 Å². The zero-order valence-electron chi connectivity index (χ0n) is 11.8. The molecule has 2 aliphatic rings. The van der Waals surface area contributed by atoms with Crippen LogP contribution in [-0.4, -0.2) is 40.4 Å². The molecule has 0 bridgehead atoms. The van der Waals surface area contributed by atoms with Crippen molar-refractivity contribution < 1.29 is 23.9 Å². The fourth-order valence-electron chi connectivity index (χ4n) is 2.62. The van der Waals surface area contributed by atoms with Crippen molar-refractivity contribution in [3.63, 3.8) is 0 Å². The van der Waals surface area contributed by atoms with Gasteiger partial charge in [0.2, 0.25) is 5.91 Å². The number of aliphatic carboxylic acids is 1. The van der Waals surface area contributed by atoms with E-state index in [9.17, 15) is 18.8 Å². The fourth-order valence-corrected chi connectivity index (χ4v) is 2.62. The minimum Gasteiger partial charge on any atom is -0.480 e. The second-order valence-electron chi connectivity index (χ2n) is 5.60. The number of anilines is 1. The maximum absolute atomic E-state index is 14.2. The molecule has 1 aliphatic carbocycles. The van der Waals surface area contributed by atoms with Crippen LogP contribution >= 0.6 is 0 Å². The zero-order valence-corrected chi connectivity index (χ0v) is 11.8. The average Bonchev–Trinajstić information content (AvgIpc) is 3.27. The topological polar surface area (TPSA) is 86.7 Å². The number of carbonyl (C=O) groups excluding carboxylic acids is 2. The summed E-state index contributed by atoms with van der Waals surface area (Å²) in [6.45, 7) is -0.434. The number of benzene rings is 1. The normalized spacial score (nSPS) is 16.7. The van der Waals surface area contributed by atoms with E-state index in [1.807, 2.05) is 0 Å². The van der Waals surface area contributed by atoms with Gasteiger partial charge in [-0.15, -0.1) is 0 Å². The third-order valence-electron chi connectivity index (χ3n) is 3.87. The molecule has 1 heterocycles. The molecule has 1 saturated carbocycles. The molecular formula is C15H15FN2O4. The van der Waals surface area contributed by atoms with E-state index < -0.39 is 24.2 Å². The third kappa shape index (κ3) is 2.79. The zero-order chi connectivity index (χ0) is 15.9. The first-order valence-electron chi connectivity index (χ1n) is 7.10. The first-order valence-corrected chi connectivity index (χ1v) is 7.10. The Morgan fingerprint density at radius 3 is 2.68 bits per heavy atom. The number of carbonyl (C=O) groups is 3. The van der Waals surface area contributed by atoms with Gasteiger partial charge in [-0.3, -0.25) is 14.4 Å². The van der Waals surface area contributed by atoms with Crippen molar-refractivity contribution in [3.05, 3.63) is 29.1 Å². The molecule has 2 amide bonds. The number of nitrogens with zero attached hydrogens (tertiary/aromatic N) is 1. The van der Waals surface area contributed by atoms with Crippen LogP contribution in [-0.2, 0) is 16.0 Å². The van der Waals surface area contributed by atoms with Gasteiger partial charge in [0.25, 0.3) is 5.91 Å². The van der Waals surface area contributed by atoms with E-state index >= 15 is 0 Å². The summed E-state index contributed by atoms with van der Waals surface area (Å²) >= 11 is 0. The van der Waals surface area contributed by atoms with E-state index in [4.69, 9.17) is 5.11 Å². The summed E-state index contributed by atoms with van der Waals surface area (Å²) in [6, 6.07) is 2.42. The SMILES string of the molecule is O=C(O)CN(C(=O)c1cc2c(cc1F)NC(=O)CC2)C1CC1. The van der Waals surface area contributed by atoms with Crippen molar-refractivity contribution in [2.45, 2.75) is 31.7 Å². The highest BCUT2D eigenvalue weighted by Gasteiger charge is 2.35. The van der Waals surface area contributed by atoms with E-state index in [1.165, 1.54) is 11.0 Å². The Balaban J connectivity index is 1.91. The van der Waals surface area contributed by atoms with Crippen molar-refractivity contribution in [1.82, 2.24) is 4.90 Å². The Kier molecular flexibility index (Phi) is 3.56. The summed E-state index contributed by atoms with van der Waals surface area (Å²) in [7, 11) is 0. The maximum atomic E-state index is 14.2. The highest BCUT2D eigenvalue weighted by molar-refractivity contribution is 5.99. The molecule has 22 heavy (non-hydrogen) atoms. The van der Waals surface area contributed by atoms with Gasteiger partial charge in [-0.25, -0.2) is 4.39 Å².